The molecule has 2 atom stereocenters. The third kappa shape index (κ3) is 5.66. The molecule has 1 aliphatic rings. The fraction of sp³-hybridized carbons (Fsp3) is 0.706. The Hall–Kier alpha value is -0.833. The lowest BCUT2D eigenvalue weighted by Gasteiger charge is -2.28. The Morgan fingerprint density at radius 2 is 1.85 bits per heavy atom. The largest absolute Gasteiger partial charge is 0.463 e. The van der Waals surface area contributed by atoms with E-state index in [2.05, 4.69) is 38.4 Å². The number of allylic oxidation sites excluding steroid dienone is 2. The van der Waals surface area contributed by atoms with E-state index in [9.17, 15) is 4.79 Å². The van der Waals surface area contributed by atoms with E-state index < -0.39 is 8.07 Å². The summed E-state index contributed by atoms with van der Waals surface area (Å²) >= 11 is 0. The molecule has 3 heteroatoms. The predicted molar refractivity (Wildman–Crippen MR) is 88.5 cm³/mol. The quantitative estimate of drug-likeness (QED) is 0.304. The third-order valence-corrected chi connectivity index (χ3v) is 5.29. The van der Waals surface area contributed by atoms with Gasteiger partial charge in [0.1, 0.15) is 0 Å². The number of esters is 1. The van der Waals surface area contributed by atoms with E-state index in [4.69, 9.17) is 4.74 Å². The van der Waals surface area contributed by atoms with Crippen molar-refractivity contribution < 1.29 is 9.53 Å². The van der Waals surface area contributed by atoms with Gasteiger partial charge in [0.05, 0.1) is 6.61 Å². The van der Waals surface area contributed by atoms with Crippen molar-refractivity contribution in [3.05, 3.63) is 24.3 Å². The summed E-state index contributed by atoms with van der Waals surface area (Å²) in [6.45, 7) is 13.2. The van der Waals surface area contributed by atoms with Crippen molar-refractivity contribution in [2.45, 2.75) is 58.3 Å². The van der Waals surface area contributed by atoms with Crippen LogP contribution in [-0.4, -0.2) is 20.7 Å². The average molecular weight is 295 g/mol. The normalized spacial score (nSPS) is 24.3. The average Bonchev–Trinajstić information content (AvgIpc) is 2.37. The molecule has 0 aromatic carbocycles. The van der Waals surface area contributed by atoms with Gasteiger partial charge >= 0.3 is 5.97 Å². The lowest BCUT2D eigenvalue weighted by molar-refractivity contribution is -0.138. The molecule has 0 spiro atoms. The minimum Gasteiger partial charge on any atom is -0.463 e. The molecule has 0 heterocycles. The molecule has 1 aliphatic carbocycles. The standard InChI is InChI=1S/C17H30O2Si/c1-6-14-10-8-9-11-15(14)12-16(13-20(3,4)5)17(18)19-7-2/h6,12,14-15H,1,7-11,13H2,2-5H3/b16-12+. The number of carbonyl (C=O) groups is 1. The second kappa shape index (κ2) is 7.82. The van der Waals surface area contributed by atoms with Crippen LogP contribution in [0.5, 0.6) is 0 Å². The van der Waals surface area contributed by atoms with Crippen LogP contribution in [0.25, 0.3) is 0 Å². The Bertz CT molecular complexity index is 366. The van der Waals surface area contributed by atoms with Crippen LogP contribution in [0, 0.1) is 11.8 Å². The van der Waals surface area contributed by atoms with E-state index in [1.54, 1.807) is 0 Å². The molecule has 1 rings (SSSR count). The zero-order chi connectivity index (χ0) is 15.2. The van der Waals surface area contributed by atoms with Gasteiger partial charge in [-0.05, 0) is 37.6 Å². The Labute approximate surface area is 125 Å². The Kier molecular flexibility index (Phi) is 6.73. The van der Waals surface area contributed by atoms with E-state index >= 15 is 0 Å². The highest BCUT2D eigenvalue weighted by atomic mass is 28.3. The fourth-order valence-corrected chi connectivity index (χ4v) is 4.35. The summed E-state index contributed by atoms with van der Waals surface area (Å²) in [5.41, 5.74) is 0.907. The smallest absolute Gasteiger partial charge is 0.333 e. The molecule has 20 heavy (non-hydrogen) atoms. The van der Waals surface area contributed by atoms with Gasteiger partial charge in [-0.2, -0.15) is 0 Å². The molecule has 0 amide bonds. The molecule has 0 aromatic rings. The number of carbonyl (C=O) groups excluding carboxylic acids is 1. The van der Waals surface area contributed by atoms with E-state index in [0.717, 1.165) is 11.6 Å². The monoisotopic (exact) mass is 294 g/mol. The number of rotatable bonds is 6. The van der Waals surface area contributed by atoms with Crippen molar-refractivity contribution in [3.63, 3.8) is 0 Å². The molecule has 1 fully saturated rings. The summed E-state index contributed by atoms with van der Waals surface area (Å²) in [6.07, 6.45) is 9.19. The summed E-state index contributed by atoms with van der Waals surface area (Å²) in [4.78, 5) is 12.2. The van der Waals surface area contributed by atoms with Gasteiger partial charge in [0.2, 0.25) is 0 Å². The molecule has 114 valence electrons. The van der Waals surface area contributed by atoms with E-state index in [-0.39, 0.29) is 5.97 Å². The van der Waals surface area contributed by atoms with Crippen molar-refractivity contribution in [2.75, 3.05) is 6.61 Å². The van der Waals surface area contributed by atoms with Gasteiger partial charge in [0, 0.05) is 13.6 Å². The SMILES string of the molecule is C=CC1CCCCC1/C=C(\C[Si](C)(C)C)C(=O)OCC. The maximum Gasteiger partial charge on any atom is 0.333 e. The molecule has 0 N–H and O–H groups in total. The summed E-state index contributed by atoms with van der Waals surface area (Å²) in [5.74, 6) is 0.884. The van der Waals surface area contributed by atoms with Gasteiger partial charge in [-0.25, -0.2) is 4.79 Å². The molecular formula is C17H30O2Si. The molecule has 0 bridgehead atoms. The summed E-state index contributed by atoms with van der Waals surface area (Å²) in [5, 5.41) is 0. The second-order valence-electron chi connectivity index (χ2n) is 7.00. The number of ether oxygens (including phenoxy) is 1. The van der Waals surface area contributed by atoms with Gasteiger partial charge in [-0.1, -0.05) is 44.6 Å². The molecule has 0 aliphatic heterocycles. The zero-order valence-corrected chi connectivity index (χ0v) is 14.6. The minimum absolute atomic E-state index is 0.108. The molecule has 2 unspecified atom stereocenters. The maximum absolute atomic E-state index is 12.2. The predicted octanol–water partition coefficient (Wildman–Crippen LogP) is 4.81. The highest BCUT2D eigenvalue weighted by Gasteiger charge is 2.26. The van der Waals surface area contributed by atoms with Crippen LogP contribution in [0.1, 0.15) is 32.6 Å². The van der Waals surface area contributed by atoms with Gasteiger partial charge in [-0.15, -0.1) is 6.58 Å². The first-order valence-electron chi connectivity index (χ1n) is 7.87. The number of hydrogen-bond donors (Lipinski definition) is 0. The van der Waals surface area contributed by atoms with E-state index in [1.807, 2.05) is 6.92 Å². The molecule has 2 nitrogen and oxygen atoms in total. The van der Waals surface area contributed by atoms with Crippen molar-refractivity contribution in [2.24, 2.45) is 11.8 Å². The fourth-order valence-electron chi connectivity index (χ4n) is 2.94. The van der Waals surface area contributed by atoms with Gasteiger partial charge in [0.25, 0.3) is 0 Å². The van der Waals surface area contributed by atoms with Crippen LogP contribution in [-0.2, 0) is 9.53 Å². The minimum atomic E-state index is -1.32. The van der Waals surface area contributed by atoms with Crippen LogP contribution < -0.4 is 0 Å². The molecule has 0 radical (unpaired) electrons. The van der Waals surface area contributed by atoms with Gasteiger partial charge in [-0.3, -0.25) is 0 Å². The lowest BCUT2D eigenvalue weighted by atomic mass is 9.78. The van der Waals surface area contributed by atoms with Crippen molar-refractivity contribution in [1.29, 1.82) is 0 Å². The highest BCUT2D eigenvalue weighted by molar-refractivity contribution is 6.77. The van der Waals surface area contributed by atoms with Crippen LogP contribution >= 0.6 is 0 Å². The van der Waals surface area contributed by atoms with Crippen LogP contribution in [0.3, 0.4) is 0 Å². The highest BCUT2D eigenvalue weighted by Crippen LogP contribution is 2.33. The van der Waals surface area contributed by atoms with Gasteiger partial charge in [0.15, 0.2) is 0 Å². The first kappa shape index (κ1) is 17.2. The Morgan fingerprint density at radius 3 is 2.35 bits per heavy atom. The summed E-state index contributed by atoms with van der Waals surface area (Å²) in [6, 6.07) is 0.909. The lowest BCUT2D eigenvalue weighted by Crippen LogP contribution is -2.25. The zero-order valence-electron chi connectivity index (χ0n) is 13.6. The molecule has 1 saturated carbocycles. The van der Waals surface area contributed by atoms with Crippen molar-refractivity contribution in [1.82, 2.24) is 0 Å². The topological polar surface area (TPSA) is 26.3 Å². The molecule has 0 saturated heterocycles. The van der Waals surface area contributed by atoms with E-state index in [1.165, 1.54) is 25.7 Å². The third-order valence-electron chi connectivity index (χ3n) is 3.85. The second-order valence-corrected chi connectivity index (χ2v) is 12.5. The first-order valence-corrected chi connectivity index (χ1v) is 11.6. The first-order chi connectivity index (χ1) is 9.37. The Morgan fingerprint density at radius 1 is 1.25 bits per heavy atom. The van der Waals surface area contributed by atoms with Gasteiger partial charge < -0.3 is 4.74 Å². The number of hydrogen-bond acceptors (Lipinski definition) is 2. The summed E-state index contributed by atoms with van der Waals surface area (Å²) < 4.78 is 5.25. The van der Waals surface area contributed by atoms with Crippen LogP contribution in [0.2, 0.25) is 25.7 Å². The maximum atomic E-state index is 12.2. The summed E-state index contributed by atoms with van der Waals surface area (Å²) in [7, 11) is -1.32. The van der Waals surface area contributed by atoms with E-state index in [0.29, 0.717) is 18.4 Å². The van der Waals surface area contributed by atoms with Crippen molar-refractivity contribution in [3.8, 4) is 0 Å². The Balaban J connectivity index is 2.91. The van der Waals surface area contributed by atoms with Crippen LogP contribution in [0.15, 0.2) is 24.3 Å². The van der Waals surface area contributed by atoms with Crippen molar-refractivity contribution >= 4 is 14.0 Å². The molecule has 0 aromatic heterocycles. The molecular weight excluding hydrogens is 264 g/mol. The van der Waals surface area contributed by atoms with Crippen LogP contribution in [0.4, 0.5) is 0 Å².